The summed E-state index contributed by atoms with van der Waals surface area (Å²) in [6.07, 6.45) is 11.8. The number of rotatable bonds is 4. The first kappa shape index (κ1) is 15.8. The minimum Gasteiger partial charge on any atom is -0.313 e. The van der Waals surface area contributed by atoms with Gasteiger partial charge in [0.15, 0.2) is 0 Å². The maximum atomic E-state index is 3.80. The molecule has 1 heterocycles. The molecule has 0 amide bonds. The van der Waals surface area contributed by atoms with Gasteiger partial charge in [0.2, 0.25) is 0 Å². The summed E-state index contributed by atoms with van der Waals surface area (Å²) in [4.78, 5) is 2.79. The van der Waals surface area contributed by atoms with Crippen molar-refractivity contribution >= 4 is 0 Å². The molecule has 3 aliphatic rings. The minimum absolute atomic E-state index is 0.489. The molecule has 1 spiro atoms. The molecule has 2 atom stereocenters. The van der Waals surface area contributed by atoms with Crippen LogP contribution in [0.3, 0.4) is 0 Å². The zero-order valence-electron chi connectivity index (χ0n) is 14.6. The number of piperidine rings is 1. The monoisotopic (exact) mass is 292 g/mol. The molecule has 0 aromatic heterocycles. The number of nitrogens with zero attached hydrogens (tertiary/aromatic N) is 1. The zero-order valence-corrected chi connectivity index (χ0v) is 14.6. The lowest BCUT2D eigenvalue weighted by atomic mass is 9.77. The zero-order chi connectivity index (χ0) is 14.9. The Morgan fingerprint density at radius 1 is 1.00 bits per heavy atom. The summed E-state index contributed by atoms with van der Waals surface area (Å²) in [5.74, 6) is 0.873. The summed E-state index contributed by atoms with van der Waals surface area (Å²) >= 11 is 0. The summed E-state index contributed by atoms with van der Waals surface area (Å²) < 4.78 is 0. The Balaban J connectivity index is 1.53. The van der Waals surface area contributed by atoms with Crippen molar-refractivity contribution in [3.8, 4) is 0 Å². The quantitative estimate of drug-likeness (QED) is 0.840. The molecule has 0 radical (unpaired) electrons. The van der Waals surface area contributed by atoms with Gasteiger partial charge in [-0.15, -0.1) is 0 Å². The third-order valence-corrected chi connectivity index (χ3v) is 6.97. The van der Waals surface area contributed by atoms with Crippen LogP contribution in [0, 0.1) is 16.7 Å². The first-order valence-corrected chi connectivity index (χ1v) is 9.50. The van der Waals surface area contributed by atoms with E-state index in [4.69, 9.17) is 0 Å². The number of likely N-dealkylation sites (tertiary alicyclic amines) is 1. The van der Waals surface area contributed by atoms with Crippen LogP contribution < -0.4 is 5.32 Å². The highest BCUT2D eigenvalue weighted by Gasteiger charge is 2.43. The third-order valence-electron chi connectivity index (χ3n) is 6.97. The summed E-state index contributed by atoms with van der Waals surface area (Å²) in [6.45, 7) is 12.4. The normalized spacial score (nSPS) is 35.6. The average Bonchev–Trinajstić information content (AvgIpc) is 3.02. The fourth-order valence-corrected chi connectivity index (χ4v) is 5.54. The van der Waals surface area contributed by atoms with Crippen molar-refractivity contribution in [1.82, 2.24) is 10.2 Å². The molecular weight excluding hydrogens is 256 g/mol. The molecule has 122 valence electrons. The van der Waals surface area contributed by atoms with Gasteiger partial charge in [-0.1, -0.05) is 33.6 Å². The smallest absolute Gasteiger partial charge is 0.0159 e. The Morgan fingerprint density at radius 3 is 2.29 bits per heavy atom. The largest absolute Gasteiger partial charge is 0.313 e. The van der Waals surface area contributed by atoms with Crippen LogP contribution in [0.15, 0.2) is 0 Å². The molecule has 1 aliphatic heterocycles. The van der Waals surface area contributed by atoms with Crippen molar-refractivity contribution in [3.05, 3.63) is 0 Å². The van der Waals surface area contributed by atoms with Gasteiger partial charge < -0.3 is 10.2 Å². The fourth-order valence-electron chi connectivity index (χ4n) is 5.54. The second-order valence-electron chi connectivity index (χ2n) is 8.83. The molecule has 0 aromatic rings. The minimum atomic E-state index is 0.489. The number of hydrogen-bond acceptors (Lipinski definition) is 2. The maximum Gasteiger partial charge on any atom is 0.0159 e. The topological polar surface area (TPSA) is 15.3 Å². The molecule has 21 heavy (non-hydrogen) atoms. The molecule has 0 aromatic carbocycles. The van der Waals surface area contributed by atoms with Gasteiger partial charge in [-0.2, -0.15) is 0 Å². The van der Waals surface area contributed by atoms with Gasteiger partial charge in [0.05, 0.1) is 0 Å². The van der Waals surface area contributed by atoms with Gasteiger partial charge in [0.25, 0.3) is 0 Å². The van der Waals surface area contributed by atoms with Crippen molar-refractivity contribution < 1.29 is 0 Å². The summed E-state index contributed by atoms with van der Waals surface area (Å²) in [7, 11) is 0. The molecule has 0 bridgehead atoms. The first-order valence-electron chi connectivity index (χ1n) is 9.50. The Bertz CT molecular complexity index is 333. The Morgan fingerprint density at radius 2 is 1.67 bits per heavy atom. The van der Waals surface area contributed by atoms with Crippen molar-refractivity contribution in [3.63, 3.8) is 0 Å². The highest BCUT2D eigenvalue weighted by Crippen LogP contribution is 2.47. The van der Waals surface area contributed by atoms with E-state index in [2.05, 4.69) is 31.0 Å². The predicted octanol–water partition coefficient (Wildman–Crippen LogP) is 4.06. The fraction of sp³-hybridized carbons (Fsp3) is 1.00. The lowest BCUT2D eigenvalue weighted by Crippen LogP contribution is -2.47. The summed E-state index contributed by atoms with van der Waals surface area (Å²) in [5, 5.41) is 3.80. The second-order valence-corrected chi connectivity index (χ2v) is 8.83. The van der Waals surface area contributed by atoms with Gasteiger partial charge in [0, 0.05) is 12.6 Å². The van der Waals surface area contributed by atoms with Crippen LogP contribution >= 0.6 is 0 Å². The second kappa shape index (κ2) is 6.20. The predicted molar refractivity (Wildman–Crippen MR) is 90.5 cm³/mol. The summed E-state index contributed by atoms with van der Waals surface area (Å²) in [5.41, 5.74) is 1.26. The molecule has 2 aliphatic carbocycles. The molecule has 1 saturated heterocycles. The van der Waals surface area contributed by atoms with E-state index in [-0.39, 0.29) is 0 Å². The Labute approximate surface area is 132 Å². The van der Waals surface area contributed by atoms with E-state index in [1.807, 2.05) is 0 Å². The van der Waals surface area contributed by atoms with Gasteiger partial charge in [-0.25, -0.2) is 0 Å². The van der Waals surface area contributed by atoms with Crippen LogP contribution in [-0.4, -0.2) is 37.1 Å². The van der Waals surface area contributed by atoms with Crippen molar-refractivity contribution in [2.75, 3.05) is 26.2 Å². The van der Waals surface area contributed by atoms with Crippen LogP contribution in [0.5, 0.6) is 0 Å². The Hall–Kier alpha value is -0.0800. The number of hydrogen-bond donors (Lipinski definition) is 1. The van der Waals surface area contributed by atoms with Crippen LogP contribution in [-0.2, 0) is 0 Å². The van der Waals surface area contributed by atoms with E-state index in [9.17, 15) is 0 Å². The van der Waals surface area contributed by atoms with Crippen LogP contribution in [0.1, 0.15) is 72.1 Å². The van der Waals surface area contributed by atoms with Crippen LogP contribution in [0.2, 0.25) is 0 Å². The molecule has 2 nitrogen and oxygen atoms in total. The first-order chi connectivity index (χ1) is 10.0. The molecule has 1 N–H and O–H groups in total. The molecule has 3 fully saturated rings. The van der Waals surface area contributed by atoms with Gasteiger partial charge in [0.1, 0.15) is 0 Å². The lowest BCUT2D eigenvalue weighted by Gasteiger charge is -2.41. The standard InChI is InChI=1S/C19H36N2/c1-4-20-17-16(7-10-18(17,2)3)15-21-13-11-19(12-14-21)8-5-6-9-19/h16-17,20H,4-15H2,1-3H3. The van der Waals surface area contributed by atoms with Gasteiger partial charge in [-0.05, 0) is 74.9 Å². The highest BCUT2D eigenvalue weighted by atomic mass is 15.1. The third kappa shape index (κ3) is 3.32. The highest BCUT2D eigenvalue weighted by molar-refractivity contribution is 4.98. The van der Waals surface area contributed by atoms with Crippen molar-refractivity contribution in [2.45, 2.75) is 78.2 Å². The van der Waals surface area contributed by atoms with E-state index in [1.165, 1.54) is 71.0 Å². The van der Waals surface area contributed by atoms with E-state index < -0.39 is 0 Å². The van der Waals surface area contributed by atoms with Crippen molar-refractivity contribution in [1.29, 1.82) is 0 Å². The molecule has 2 saturated carbocycles. The Kier molecular flexibility index (Phi) is 4.66. The van der Waals surface area contributed by atoms with Crippen LogP contribution in [0.25, 0.3) is 0 Å². The number of nitrogens with one attached hydrogen (secondary N) is 1. The maximum absolute atomic E-state index is 3.80. The van der Waals surface area contributed by atoms with E-state index in [0.717, 1.165) is 23.9 Å². The molecule has 2 heteroatoms. The van der Waals surface area contributed by atoms with Crippen molar-refractivity contribution in [2.24, 2.45) is 16.7 Å². The summed E-state index contributed by atoms with van der Waals surface area (Å²) in [6, 6.07) is 0.727. The van der Waals surface area contributed by atoms with E-state index >= 15 is 0 Å². The van der Waals surface area contributed by atoms with Gasteiger partial charge in [-0.3, -0.25) is 0 Å². The van der Waals surface area contributed by atoms with E-state index in [1.54, 1.807) is 0 Å². The molecule has 3 rings (SSSR count). The SMILES string of the molecule is CCNC1C(CN2CCC3(CCCC3)CC2)CCC1(C)C. The average molecular weight is 293 g/mol. The molecular formula is C19H36N2. The van der Waals surface area contributed by atoms with Crippen LogP contribution in [0.4, 0.5) is 0 Å². The van der Waals surface area contributed by atoms with Gasteiger partial charge >= 0.3 is 0 Å². The van der Waals surface area contributed by atoms with E-state index in [0.29, 0.717) is 5.41 Å². The lowest BCUT2D eigenvalue weighted by molar-refractivity contribution is 0.0883. The molecule has 2 unspecified atom stereocenters.